The van der Waals surface area contributed by atoms with Crippen LogP contribution in [0.1, 0.15) is 13.8 Å². The zero-order valence-corrected chi connectivity index (χ0v) is 17.3. The van der Waals surface area contributed by atoms with Gasteiger partial charge in [0.25, 0.3) is 5.82 Å². The van der Waals surface area contributed by atoms with E-state index in [1.54, 1.807) is 18.7 Å². The molecule has 2 N–H and O–H groups in total. The molecule has 0 aliphatic carbocycles. The quantitative estimate of drug-likeness (QED) is 0.788. The molecule has 0 saturated carbocycles. The summed E-state index contributed by atoms with van der Waals surface area (Å²) in [5, 5.41) is 21.8. The number of nitrogens with one attached hydrogen (secondary N) is 2. The minimum atomic E-state index is -0.930. The maximum absolute atomic E-state index is 12.7. The highest BCUT2D eigenvalue weighted by Crippen LogP contribution is 2.41. The second-order valence-electron chi connectivity index (χ2n) is 7.49. The molecule has 1 aromatic rings. The maximum atomic E-state index is 12.7. The number of amides is 2. The number of pyridine rings is 1. The molecule has 1 aromatic heterocycles. The van der Waals surface area contributed by atoms with E-state index in [-0.39, 0.29) is 11.7 Å². The van der Waals surface area contributed by atoms with Crippen LogP contribution in [-0.4, -0.2) is 48.6 Å². The van der Waals surface area contributed by atoms with Crippen molar-refractivity contribution in [1.82, 2.24) is 10.2 Å². The third-order valence-corrected chi connectivity index (χ3v) is 6.32. The summed E-state index contributed by atoms with van der Waals surface area (Å²) in [5.41, 5.74) is -0.555. The Hall–Kier alpha value is -3.04. The molecule has 3 rings (SSSR count). The summed E-state index contributed by atoms with van der Waals surface area (Å²) in [5.74, 6) is -0.242. The summed E-state index contributed by atoms with van der Waals surface area (Å²) in [7, 11) is 0. The molecule has 1 saturated heterocycles. The molecule has 0 spiro atoms. The first-order chi connectivity index (χ1) is 13.9. The average Bonchev–Trinajstić information content (AvgIpc) is 2.72. The normalized spacial score (nSPS) is 21.2. The molecule has 2 aliphatic rings. The number of aromatic amines is 1. The second-order valence-corrected chi connectivity index (χ2v) is 8.48. The zero-order valence-electron chi connectivity index (χ0n) is 16.4. The average molecular weight is 412 g/mol. The lowest BCUT2D eigenvalue weighted by molar-refractivity contribution is -0.364. The Morgan fingerprint density at radius 1 is 1.31 bits per heavy atom. The molecule has 8 nitrogen and oxygen atoms in total. The Labute approximate surface area is 174 Å². The summed E-state index contributed by atoms with van der Waals surface area (Å²) in [6.07, 6.45) is 1.88. The molecule has 0 radical (unpaired) electrons. The van der Waals surface area contributed by atoms with Crippen LogP contribution in [0, 0.1) is 34.0 Å². The molecular weight excluding hydrogens is 388 g/mol. The second kappa shape index (κ2) is 8.54. The van der Waals surface area contributed by atoms with Crippen molar-refractivity contribution in [3.8, 4) is 12.1 Å². The number of anilines is 1. The monoisotopic (exact) mass is 411 g/mol. The van der Waals surface area contributed by atoms with E-state index < -0.39 is 17.2 Å². The number of piperazine rings is 1. The molecule has 29 heavy (non-hydrogen) atoms. The molecule has 9 heteroatoms. The molecule has 2 aliphatic heterocycles. The number of hydrogen-bond acceptors (Lipinski definition) is 6. The van der Waals surface area contributed by atoms with E-state index in [4.69, 9.17) is 0 Å². The van der Waals surface area contributed by atoms with E-state index in [2.05, 4.69) is 21.3 Å². The number of hydrogen-bond donors (Lipinski definition) is 1. The lowest BCUT2D eigenvalue weighted by Crippen LogP contribution is -2.50. The van der Waals surface area contributed by atoms with E-state index in [1.165, 1.54) is 0 Å². The van der Waals surface area contributed by atoms with Gasteiger partial charge in [0.2, 0.25) is 11.8 Å². The number of allylic oxidation sites excluding steroid dienone is 1. The highest BCUT2D eigenvalue weighted by molar-refractivity contribution is 8.03. The first-order valence-corrected chi connectivity index (χ1v) is 10.3. The number of H-pyrrole nitrogens is 1. The van der Waals surface area contributed by atoms with Crippen LogP contribution in [0.4, 0.5) is 5.82 Å². The molecule has 0 bridgehead atoms. The summed E-state index contributed by atoms with van der Waals surface area (Å²) >= 11 is 1.15. The maximum Gasteiger partial charge on any atom is 0.274 e. The van der Waals surface area contributed by atoms with Gasteiger partial charge in [0.1, 0.15) is 19.0 Å². The number of rotatable bonds is 4. The van der Waals surface area contributed by atoms with Gasteiger partial charge in [-0.25, -0.2) is 4.98 Å². The predicted molar refractivity (Wildman–Crippen MR) is 108 cm³/mol. The van der Waals surface area contributed by atoms with Gasteiger partial charge in [0, 0.05) is 11.5 Å². The molecule has 150 valence electrons. The van der Waals surface area contributed by atoms with Crippen LogP contribution in [0.5, 0.6) is 0 Å². The van der Waals surface area contributed by atoms with Gasteiger partial charge in [0.15, 0.2) is 0 Å². The van der Waals surface area contributed by atoms with Gasteiger partial charge in [-0.05, 0) is 6.07 Å². The van der Waals surface area contributed by atoms with E-state index in [9.17, 15) is 20.1 Å². The van der Waals surface area contributed by atoms with E-state index in [1.807, 2.05) is 30.5 Å². The molecule has 2 amide bonds. The van der Waals surface area contributed by atoms with Crippen molar-refractivity contribution in [2.45, 2.75) is 13.8 Å². The molecule has 0 aromatic carbocycles. The minimum absolute atomic E-state index is 0.0362. The zero-order chi connectivity index (χ0) is 21.0. The van der Waals surface area contributed by atoms with Gasteiger partial charge in [0.05, 0.1) is 47.8 Å². The summed E-state index contributed by atoms with van der Waals surface area (Å²) in [4.78, 5) is 32.1. The van der Waals surface area contributed by atoms with Crippen LogP contribution in [-0.2, 0) is 9.59 Å². The van der Waals surface area contributed by atoms with Crippen LogP contribution in [0.3, 0.4) is 0 Å². The summed E-state index contributed by atoms with van der Waals surface area (Å²) in [6.45, 7) is 6.11. The molecule has 1 fully saturated rings. The first-order valence-electron chi connectivity index (χ1n) is 9.36. The highest BCUT2D eigenvalue weighted by Gasteiger charge is 2.44. The largest absolute Gasteiger partial charge is 0.334 e. The highest BCUT2D eigenvalue weighted by atomic mass is 32.2. The van der Waals surface area contributed by atoms with Gasteiger partial charge in [-0.15, -0.1) is 0 Å². The van der Waals surface area contributed by atoms with Crippen LogP contribution in [0.25, 0.3) is 0 Å². The van der Waals surface area contributed by atoms with Gasteiger partial charge >= 0.3 is 0 Å². The summed E-state index contributed by atoms with van der Waals surface area (Å²) in [6, 6.07) is 9.99. The Balaban J connectivity index is 1.61. The van der Waals surface area contributed by atoms with Gasteiger partial charge in [-0.1, -0.05) is 31.7 Å². The Morgan fingerprint density at radius 3 is 2.62 bits per heavy atom. The number of carbonyl (C=O) groups is 2. The SMILES string of the molecule is CC1(C)C(C#N)=C(SCC(=O)N2CCN(c3cccc[nH+]3)CC2)NC(=O)[C@H]1C#N. The van der Waals surface area contributed by atoms with E-state index >= 15 is 0 Å². The Kier molecular flexibility index (Phi) is 6.09. The Bertz CT molecular complexity index is 907. The van der Waals surface area contributed by atoms with Gasteiger partial charge in [-0.2, -0.15) is 10.5 Å². The topological polar surface area (TPSA) is 114 Å². The van der Waals surface area contributed by atoms with Crippen LogP contribution < -0.4 is 15.2 Å². The summed E-state index contributed by atoms with van der Waals surface area (Å²) < 4.78 is 0. The van der Waals surface area contributed by atoms with Crippen LogP contribution >= 0.6 is 11.8 Å². The minimum Gasteiger partial charge on any atom is -0.334 e. The standard InChI is InChI=1S/C20H22N6O2S/c1-20(2)14(11-21)18(28)24-19(15(20)12-22)29-13-17(27)26-9-7-25(8-10-26)16-5-3-4-6-23-16/h3-6,14H,7-10,13H2,1-2H3,(H,24,28)/p+1/t14-/m1/s1. The van der Waals surface area contributed by atoms with Crippen molar-refractivity contribution in [2.75, 3.05) is 36.8 Å². The Morgan fingerprint density at radius 2 is 2.03 bits per heavy atom. The van der Waals surface area contributed by atoms with E-state index in [0.29, 0.717) is 23.7 Å². The number of carbonyl (C=O) groups excluding carboxylic acids is 2. The van der Waals surface area contributed by atoms with Gasteiger partial charge < -0.3 is 10.2 Å². The third kappa shape index (κ3) is 4.20. The number of aromatic nitrogens is 1. The van der Waals surface area contributed by atoms with Crippen molar-refractivity contribution in [2.24, 2.45) is 11.3 Å². The molecule has 0 unspecified atom stereocenters. The van der Waals surface area contributed by atoms with Gasteiger partial charge in [-0.3, -0.25) is 14.5 Å². The lowest BCUT2D eigenvalue weighted by atomic mass is 9.72. The van der Waals surface area contributed by atoms with Crippen molar-refractivity contribution in [3.63, 3.8) is 0 Å². The smallest absolute Gasteiger partial charge is 0.274 e. The third-order valence-electron chi connectivity index (χ3n) is 5.34. The fourth-order valence-electron chi connectivity index (χ4n) is 3.54. The number of nitrogens with zero attached hydrogens (tertiary/aromatic N) is 4. The number of nitriles is 2. The number of thioether (sulfide) groups is 1. The first kappa shape index (κ1) is 20.7. The molecule has 1 atom stereocenters. The van der Waals surface area contributed by atoms with Crippen molar-refractivity contribution < 1.29 is 14.6 Å². The van der Waals surface area contributed by atoms with Crippen LogP contribution in [0.2, 0.25) is 0 Å². The fraction of sp³-hybridized carbons (Fsp3) is 0.450. The predicted octanol–water partition coefficient (Wildman–Crippen LogP) is 0.913. The van der Waals surface area contributed by atoms with Crippen LogP contribution in [0.15, 0.2) is 35.0 Å². The van der Waals surface area contributed by atoms with Crippen molar-refractivity contribution in [3.05, 3.63) is 35.0 Å². The molecule has 3 heterocycles. The van der Waals surface area contributed by atoms with E-state index in [0.717, 1.165) is 30.7 Å². The lowest BCUT2D eigenvalue weighted by Gasteiger charge is -2.35. The molecular formula is C20H23N6O2S+. The van der Waals surface area contributed by atoms with Crippen molar-refractivity contribution >= 4 is 29.4 Å². The fourth-order valence-corrected chi connectivity index (χ4v) is 4.61. The van der Waals surface area contributed by atoms with Crippen molar-refractivity contribution in [1.29, 1.82) is 10.5 Å².